The van der Waals surface area contributed by atoms with Gasteiger partial charge in [0.2, 0.25) is 5.91 Å². The van der Waals surface area contributed by atoms with Crippen molar-refractivity contribution in [1.29, 1.82) is 0 Å². The molecule has 2 aromatic carbocycles. The average molecular weight is 451 g/mol. The van der Waals surface area contributed by atoms with E-state index < -0.39 is 0 Å². The Kier molecular flexibility index (Phi) is 6.78. The van der Waals surface area contributed by atoms with Gasteiger partial charge in [-0.05, 0) is 47.9 Å². The number of thioether (sulfide) groups is 1. The minimum absolute atomic E-state index is 0.0118. The number of hydrogen-bond acceptors (Lipinski definition) is 5. The van der Waals surface area contributed by atoms with Gasteiger partial charge in [0, 0.05) is 10.1 Å². The van der Waals surface area contributed by atoms with Crippen LogP contribution in [0.25, 0.3) is 10.2 Å². The summed E-state index contributed by atoms with van der Waals surface area (Å²) in [6, 6.07) is 18.2. The number of amides is 1. The van der Waals surface area contributed by atoms with Crippen molar-refractivity contribution < 1.29 is 9.21 Å². The highest BCUT2D eigenvalue weighted by Crippen LogP contribution is 2.32. The van der Waals surface area contributed by atoms with E-state index in [4.69, 9.17) is 9.40 Å². The standard InChI is InChI=1S/C25H26N2O2S2/c1-4-19-7-5-9-22-24(19)26-25(31-22)27(16-20-8-6-14-29-20)23(28)15-18-10-12-21(13-11-18)30-17(2)3/h5-14,17H,4,15-16H2,1-3H3. The number of fused-ring (bicyclic) bond motifs is 1. The highest BCUT2D eigenvalue weighted by atomic mass is 32.2. The number of nitrogens with zero attached hydrogens (tertiary/aromatic N) is 2. The monoisotopic (exact) mass is 450 g/mol. The van der Waals surface area contributed by atoms with E-state index >= 15 is 0 Å². The van der Waals surface area contributed by atoms with Gasteiger partial charge in [-0.15, -0.1) is 11.8 Å². The number of hydrogen-bond donors (Lipinski definition) is 0. The number of carbonyl (C=O) groups excluding carboxylic acids is 1. The van der Waals surface area contributed by atoms with E-state index in [1.54, 1.807) is 22.5 Å². The van der Waals surface area contributed by atoms with E-state index in [-0.39, 0.29) is 5.91 Å². The second kappa shape index (κ2) is 9.71. The molecule has 0 unspecified atom stereocenters. The molecule has 0 saturated heterocycles. The number of rotatable bonds is 8. The maximum atomic E-state index is 13.4. The Hall–Kier alpha value is -2.57. The van der Waals surface area contributed by atoms with Crippen molar-refractivity contribution in [2.45, 2.75) is 50.3 Å². The lowest BCUT2D eigenvalue weighted by Gasteiger charge is -2.19. The molecule has 0 aliphatic heterocycles. The van der Waals surface area contributed by atoms with Gasteiger partial charge in [0.1, 0.15) is 5.76 Å². The van der Waals surface area contributed by atoms with Gasteiger partial charge < -0.3 is 4.42 Å². The number of aromatic nitrogens is 1. The van der Waals surface area contributed by atoms with Gasteiger partial charge in [-0.3, -0.25) is 9.69 Å². The molecule has 160 valence electrons. The smallest absolute Gasteiger partial charge is 0.233 e. The van der Waals surface area contributed by atoms with Crippen LogP contribution in [-0.4, -0.2) is 16.1 Å². The summed E-state index contributed by atoms with van der Waals surface area (Å²) in [5.74, 6) is 0.754. The molecule has 31 heavy (non-hydrogen) atoms. The molecule has 0 saturated carbocycles. The van der Waals surface area contributed by atoms with Crippen LogP contribution in [-0.2, 0) is 24.2 Å². The minimum atomic E-state index is 0.0118. The van der Waals surface area contributed by atoms with Gasteiger partial charge in [0.05, 0.1) is 29.4 Å². The Bertz CT molecular complexity index is 1150. The molecule has 4 rings (SSSR count). The highest BCUT2D eigenvalue weighted by Gasteiger charge is 2.22. The molecule has 6 heteroatoms. The fraction of sp³-hybridized carbons (Fsp3) is 0.280. The fourth-order valence-electron chi connectivity index (χ4n) is 3.44. The number of benzene rings is 2. The summed E-state index contributed by atoms with van der Waals surface area (Å²) < 4.78 is 6.64. The van der Waals surface area contributed by atoms with Crippen LogP contribution in [0.3, 0.4) is 0 Å². The van der Waals surface area contributed by atoms with Gasteiger partial charge in [-0.25, -0.2) is 4.98 Å². The molecule has 2 aromatic heterocycles. The molecule has 4 nitrogen and oxygen atoms in total. The molecule has 0 atom stereocenters. The molecule has 0 radical (unpaired) electrons. The van der Waals surface area contributed by atoms with Crippen molar-refractivity contribution in [2.24, 2.45) is 0 Å². The second-order valence-electron chi connectivity index (χ2n) is 7.66. The molecule has 1 amide bonds. The zero-order valence-corrected chi connectivity index (χ0v) is 19.6. The van der Waals surface area contributed by atoms with E-state index in [0.717, 1.165) is 28.0 Å². The quantitative estimate of drug-likeness (QED) is 0.279. The van der Waals surface area contributed by atoms with Crippen LogP contribution in [0.4, 0.5) is 5.13 Å². The maximum absolute atomic E-state index is 13.4. The van der Waals surface area contributed by atoms with E-state index in [9.17, 15) is 4.79 Å². The third-order valence-corrected chi connectivity index (χ3v) is 7.01. The van der Waals surface area contributed by atoms with Crippen molar-refractivity contribution in [3.63, 3.8) is 0 Å². The number of aryl methyl sites for hydroxylation is 1. The molecule has 0 N–H and O–H groups in total. The number of furan rings is 1. The van der Waals surface area contributed by atoms with E-state index in [2.05, 4.69) is 51.1 Å². The fourth-order valence-corrected chi connectivity index (χ4v) is 5.31. The lowest BCUT2D eigenvalue weighted by molar-refractivity contribution is -0.118. The molecule has 0 aliphatic rings. The lowest BCUT2D eigenvalue weighted by atomic mass is 10.1. The van der Waals surface area contributed by atoms with Crippen molar-refractivity contribution in [3.05, 3.63) is 77.7 Å². The van der Waals surface area contributed by atoms with E-state index in [0.29, 0.717) is 23.3 Å². The summed E-state index contributed by atoms with van der Waals surface area (Å²) in [7, 11) is 0. The number of anilines is 1. The molecule has 0 fully saturated rings. The maximum Gasteiger partial charge on any atom is 0.233 e. The largest absolute Gasteiger partial charge is 0.467 e. The first kappa shape index (κ1) is 21.7. The normalized spacial score (nSPS) is 11.4. The van der Waals surface area contributed by atoms with Crippen molar-refractivity contribution in [3.8, 4) is 0 Å². The second-order valence-corrected chi connectivity index (χ2v) is 10.3. The third-order valence-electron chi connectivity index (χ3n) is 4.95. The van der Waals surface area contributed by atoms with Crippen LogP contribution in [0.15, 0.2) is 70.2 Å². The molecular weight excluding hydrogens is 424 g/mol. The third kappa shape index (κ3) is 5.20. The number of thiazole rings is 1. The SMILES string of the molecule is CCc1cccc2sc(N(Cc3ccco3)C(=O)Cc3ccc(SC(C)C)cc3)nc12. The van der Waals surface area contributed by atoms with Gasteiger partial charge in [0.25, 0.3) is 0 Å². The Balaban J connectivity index is 1.61. The van der Waals surface area contributed by atoms with E-state index in [1.165, 1.54) is 10.5 Å². The molecular formula is C25H26N2O2S2. The minimum Gasteiger partial charge on any atom is -0.467 e. The summed E-state index contributed by atoms with van der Waals surface area (Å²) in [6.45, 7) is 6.85. The molecule has 0 spiro atoms. The summed E-state index contributed by atoms with van der Waals surface area (Å²) in [5.41, 5.74) is 3.18. The van der Waals surface area contributed by atoms with Crippen molar-refractivity contribution >= 4 is 44.4 Å². The predicted molar refractivity (Wildman–Crippen MR) is 130 cm³/mol. The van der Waals surface area contributed by atoms with Crippen LogP contribution in [0.1, 0.15) is 37.7 Å². The van der Waals surface area contributed by atoms with Crippen molar-refractivity contribution in [1.82, 2.24) is 4.98 Å². The first-order chi connectivity index (χ1) is 15.0. The molecule has 2 heterocycles. The van der Waals surface area contributed by atoms with Crippen LogP contribution >= 0.6 is 23.1 Å². The predicted octanol–water partition coefficient (Wildman–Crippen LogP) is 6.73. The van der Waals surface area contributed by atoms with Gasteiger partial charge in [-0.1, -0.05) is 56.4 Å². The van der Waals surface area contributed by atoms with Crippen LogP contribution in [0.5, 0.6) is 0 Å². The highest BCUT2D eigenvalue weighted by molar-refractivity contribution is 7.99. The summed E-state index contributed by atoms with van der Waals surface area (Å²) >= 11 is 3.38. The van der Waals surface area contributed by atoms with Crippen LogP contribution in [0.2, 0.25) is 0 Å². The molecule has 4 aromatic rings. The Morgan fingerprint density at radius 2 is 1.94 bits per heavy atom. The first-order valence-electron chi connectivity index (χ1n) is 10.5. The zero-order chi connectivity index (χ0) is 21.8. The number of para-hydroxylation sites is 1. The summed E-state index contributed by atoms with van der Waals surface area (Å²) in [6.07, 6.45) is 2.87. The van der Waals surface area contributed by atoms with E-state index in [1.807, 2.05) is 36.0 Å². The zero-order valence-electron chi connectivity index (χ0n) is 18.0. The van der Waals surface area contributed by atoms with Crippen molar-refractivity contribution in [2.75, 3.05) is 4.90 Å². The Morgan fingerprint density at radius 1 is 1.13 bits per heavy atom. The molecule has 0 aliphatic carbocycles. The van der Waals surface area contributed by atoms with Gasteiger partial charge in [0.15, 0.2) is 5.13 Å². The van der Waals surface area contributed by atoms with Gasteiger partial charge >= 0.3 is 0 Å². The topological polar surface area (TPSA) is 46.3 Å². The average Bonchev–Trinajstić information content (AvgIpc) is 3.42. The lowest BCUT2D eigenvalue weighted by Crippen LogP contribution is -2.31. The Labute approximate surface area is 191 Å². The Morgan fingerprint density at radius 3 is 2.61 bits per heavy atom. The van der Waals surface area contributed by atoms with Crippen LogP contribution < -0.4 is 4.90 Å². The first-order valence-corrected chi connectivity index (χ1v) is 12.2. The van der Waals surface area contributed by atoms with Crippen LogP contribution in [0, 0.1) is 0 Å². The van der Waals surface area contributed by atoms with Gasteiger partial charge in [-0.2, -0.15) is 0 Å². The summed E-state index contributed by atoms with van der Waals surface area (Å²) in [5, 5.41) is 1.24. The number of carbonyl (C=O) groups is 1. The summed E-state index contributed by atoms with van der Waals surface area (Å²) in [4.78, 5) is 21.2. The molecule has 0 bridgehead atoms.